The SMILES string of the molecule is CCOC(=O)c1ccc(N[C@@H]2OC(CO)[C@@H](O)[C@H](O)C2O)cc1. The van der Waals surface area contributed by atoms with Crippen LogP contribution in [0.2, 0.25) is 0 Å². The van der Waals surface area contributed by atoms with E-state index < -0.39 is 43.2 Å². The summed E-state index contributed by atoms with van der Waals surface area (Å²) in [6, 6.07) is 6.27. The summed E-state index contributed by atoms with van der Waals surface area (Å²) in [4.78, 5) is 11.6. The van der Waals surface area contributed by atoms with Gasteiger partial charge in [0.15, 0.2) is 6.23 Å². The number of aliphatic hydroxyl groups excluding tert-OH is 4. The van der Waals surface area contributed by atoms with Gasteiger partial charge in [-0.1, -0.05) is 0 Å². The Labute approximate surface area is 133 Å². The van der Waals surface area contributed by atoms with E-state index in [2.05, 4.69) is 5.32 Å². The predicted octanol–water partition coefficient (Wildman–Crippen LogP) is -0.925. The molecule has 0 bridgehead atoms. The highest BCUT2D eigenvalue weighted by Crippen LogP contribution is 2.23. The summed E-state index contributed by atoms with van der Waals surface area (Å²) in [7, 11) is 0. The molecule has 23 heavy (non-hydrogen) atoms. The van der Waals surface area contributed by atoms with Crippen LogP contribution >= 0.6 is 0 Å². The van der Waals surface area contributed by atoms with E-state index in [4.69, 9.17) is 14.6 Å². The molecule has 2 rings (SSSR count). The van der Waals surface area contributed by atoms with E-state index in [-0.39, 0.29) is 6.61 Å². The molecule has 2 unspecified atom stereocenters. The van der Waals surface area contributed by atoms with E-state index in [1.165, 1.54) is 0 Å². The van der Waals surface area contributed by atoms with Crippen LogP contribution in [-0.2, 0) is 9.47 Å². The lowest BCUT2D eigenvalue weighted by Crippen LogP contribution is -2.60. The topological polar surface area (TPSA) is 128 Å². The molecule has 0 amide bonds. The molecule has 8 nitrogen and oxygen atoms in total. The van der Waals surface area contributed by atoms with Crippen LogP contribution in [0, 0.1) is 0 Å². The number of anilines is 1. The Kier molecular flexibility index (Phi) is 5.91. The Balaban J connectivity index is 2.04. The molecular weight excluding hydrogens is 306 g/mol. The summed E-state index contributed by atoms with van der Waals surface area (Å²) in [5, 5.41) is 41.4. The molecule has 1 saturated heterocycles. The van der Waals surface area contributed by atoms with Crippen molar-refractivity contribution in [2.24, 2.45) is 0 Å². The van der Waals surface area contributed by atoms with Gasteiger partial charge in [0.25, 0.3) is 0 Å². The van der Waals surface area contributed by atoms with E-state index in [9.17, 15) is 20.1 Å². The lowest BCUT2D eigenvalue weighted by molar-refractivity contribution is -0.221. The second kappa shape index (κ2) is 7.71. The van der Waals surface area contributed by atoms with Crippen molar-refractivity contribution in [3.05, 3.63) is 29.8 Å². The number of carbonyl (C=O) groups excluding carboxylic acids is 1. The van der Waals surface area contributed by atoms with Gasteiger partial charge in [-0.25, -0.2) is 4.79 Å². The number of nitrogens with one attached hydrogen (secondary N) is 1. The molecule has 0 saturated carbocycles. The van der Waals surface area contributed by atoms with E-state index >= 15 is 0 Å². The fourth-order valence-electron chi connectivity index (χ4n) is 2.30. The minimum absolute atomic E-state index is 0.281. The Morgan fingerprint density at radius 3 is 2.39 bits per heavy atom. The van der Waals surface area contributed by atoms with E-state index in [1.54, 1.807) is 31.2 Å². The van der Waals surface area contributed by atoms with Crippen LogP contribution in [0.3, 0.4) is 0 Å². The molecule has 1 fully saturated rings. The number of esters is 1. The summed E-state index contributed by atoms with van der Waals surface area (Å²) in [6.07, 6.45) is -6.22. The van der Waals surface area contributed by atoms with Crippen LogP contribution in [0.25, 0.3) is 0 Å². The van der Waals surface area contributed by atoms with Gasteiger partial charge in [-0.05, 0) is 31.2 Å². The van der Waals surface area contributed by atoms with Gasteiger partial charge in [0, 0.05) is 5.69 Å². The molecule has 1 aliphatic rings. The van der Waals surface area contributed by atoms with Crippen LogP contribution < -0.4 is 5.32 Å². The Morgan fingerprint density at radius 2 is 1.83 bits per heavy atom. The summed E-state index contributed by atoms with van der Waals surface area (Å²) >= 11 is 0. The van der Waals surface area contributed by atoms with Crippen molar-refractivity contribution in [3.63, 3.8) is 0 Å². The zero-order valence-corrected chi connectivity index (χ0v) is 12.6. The molecule has 0 spiro atoms. The van der Waals surface area contributed by atoms with Crippen LogP contribution in [0.15, 0.2) is 24.3 Å². The molecule has 1 aromatic rings. The minimum atomic E-state index is -1.45. The van der Waals surface area contributed by atoms with Crippen molar-refractivity contribution < 1.29 is 34.7 Å². The second-order valence-electron chi connectivity index (χ2n) is 5.19. The highest BCUT2D eigenvalue weighted by atomic mass is 16.6. The van der Waals surface area contributed by atoms with Crippen molar-refractivity contribution in [2.75, 3.05) is 18.5 Å². The first-order chi connectivity index (χ1) is 11.0. The molecule has 0 radical (unpaired) electrons. The molecule has 8 heteroatoms. The van der Waals surface area contributed by atoms with Gasteiger partial charge < -0.3 is 35.2 Å². The van der Waals surface area contributed by atoms with Crippen molar-refractivity contribution >= 4 is 11.7 Å². The fraction of sp³-hybridized carbons (Fsp3) is 0.533. The fourth-order valence-corrected chi connectivity index (χ4v) is 2.30. The number of ether oxygens (including phenoxy) is 2. The Bertz CT molecular complexity index is 519. The highest BCUT2D eigenvalue weighted by molar-refractivity contribution is 5.89. The molecule has 5 atom stereocenters. The number of hydrogen-bond acceptors (Lipinski definition) is 8. The molecule has 128 valence electrons. The average Bonchev–Trinajstić information content (AvgIpc) is 2.56. The lowest BCUT2D eigenvalue weighted by Gasteiger charge is -2.40. The lowest BCUT2D eigenvalue weighted by atomic mass is 9.98. The van der Waals surface area contributed by atoms with Crippen LogP contribution in [-0.4, -0.2) is 70.3 Å². The first-order valence-corrected chi connectivity index (χ1v) is 7.32. The summed E-state index contributed by atoms with van der Waals surface area (Å²) < 4.78 is 10.2. The van der Waals surface area contributed by atoms with Gasteiger partial charge in [0.05, 0.1) is 18.8 Å². The van der Waals surface area contributed by atoms with Crippen molar-refractivity contribution in [1.82, 2.24) is 0 Å². The Hall–Kier alpha value is -1.71. The molecule has 1 heterocycles. The largest absolute Gasteiger partial charge is 0.462 e. The van der Waals surface area contributed by atoms with Crippen LogP contribution in [0.5, 0.6) is 0 Å². The van der Waals surface area contributed by atoms with Crippen molar-refractivity contribution in [2.45, 2.75) is 37.6 Å². The first-order valence-electron chi connectivity index (χ1n) is 7.32. The maximum atomic E-state index is 11.6. The predicted molar refractivity (Wildman–Crippen MR) is 79.8 cm³/mol. The average molecular weight is 327 g/mol. The van der Waals surface area contributed by atoms with Crippen LogP contribution in [0.4, 0.5) is 5.69 Å². The number of rotatable bonds is 5. The number of aliphatic hydroxyl groups is 4. The smallest absolute Gasteiger partial charge is 0.338 e. The highest BCUT2D eigenvalue weighted by Gasteiger charge is 2.43. The molecule has 0 aliphatic carbocycles. The normalized spacial score (nSPS) is 30.7. The van der Waals surface area contributed by atoms with E-state index in [1.807, 2.05) is 0 Å². The number of benzene rings is 1. The minimum Gasteiger partial charge on any atom is -0.462 e. The van der Waals surface area contributed by atoms with Gasteiger partial charge in [0.2, 0.25) is 0 Å². The third-order valence-electron chi connectivity index (χ3n) is 3.60. The van der Waals surface area contributed by atoms with Gasteiger partial charge in [-0.3, -0.25) is 0 Å². The third kappa shape index (κ3) is 3.98. The van der Waals surface area contributed by atoms with E-state index in [0.717, 1.165) is 0 Å². The quantitative estimate of drug-likeness (QED) is 0.439. The Morgan fingerprint density at radius 1 is 1.17 bits per heavy atom. The molecule has 1 aliphatic heterocycles. The summed E-state index contributed by atoms with van der Waals surface area (Å²) in [5.41, 5.74) is 0.911. The first kappa shape index (κ1) is 17.6. The van der Waals surface area contributed by atoms with Gasteiger partial charge in [0.1, 0.15) is 24.4 Å². The molecule has 5 N–H and O–H groups in total. The zero-order chi connectivity index (χ0) is 17.0. The van der Waals surface area contributed by atoms with E-state index in [0.29, 0.717) is 11.3 Å². The summed E-state index contributed by atoms with van der Waals surface area (Å²) in [6.45, 7) is 1.50. The monoisotopic (exact) mass is 327 g/mol. The molecule has 1 aromatic carbocycles. The second-order valence-corrected chi connectivity index (χ2v) is 5.19. The third-order valence-corrected chi connectivity index (χ3v) is 3.60. The summed E-state index contributed by atoms with van der Waals surface area (Å²) in [5.74, 6) is -0.438. The molecule has 0 aromatic heterocycles. The standard InChI is InChI=1S/C15H21NO7/c1-2-22-15(21)8-3-5-9(6-4-8)16-14-13(20)12(19)11(18)10(7-17)23-14/h3-6,10-14,16-20H,2,7H2,1H3/t10?,11-,12+,13?,14-/m1/s1. The van der Waals surface area contributed by atoms with Crippen molar-refractivity contribution in [3.8, 4) is 0 Å². The van der Waals surface area contributed by atoms with Crippen molar-refractivity contribution in [1.29, 1.82) is 0 Å². The number of carbonyl (C=O) groups is 1. The zero-order valence-electron chi connectivity index (χ0n) is 12.6. The van der Waals surface area contributed by atoms with Gasteiger partial charge >= 0.3 is 5.97 Å². The number of hydrogen-bond donors (Lipinski definition) is 5. The maximum Gasteiger partial charge on any atom is 0.338 e. The molecular formula is C15H21NO7. The van der Waals surface area contributed by atoms with Crippen LogP contribution in [0.1, 0.15) is 17.3 Å². The van der Waals surface area contributed by atoms with Gasteiger partial charge in [-0.15, -0.1) is 0 Å². The van der Waals surface area contributed by atoms with Gasteiger partial charge in [-0.2, -0.15) is 0 Å². The maximum absolute atomic E-state index is 11.6.